The molecule has 0 spiro atoms. The van der Waals surface area contributed by atoms with Crippen LogP contribution in [-0.2, 0) is 7.05 Å². The molecule has 0 bridgehead atoms. The van der Waals surface area contributed by atoms with E-state index >= 15 is 0 Å². The topological polar surface area (TPSA) is 130 Å². The van der Waals surface area contributed by atoms with E-state index in [-0.39, 0.29) is 12.0 Å². The summed E-state index contributed by atoms with van der Waals surface area (Å²) in [4.78, 5) is 11.9. The standard InChI is InChI=1S/C6H9N9OS/c1-15-6(12-13-14-15)17-5-9-3(11-7)8-4(10-5)16-2/h7H2,1-2H3,(H,8,9,10,11). The lowest BCUT2D eigenvalue weighted by Gasteiger charge is -2.03. The maximum Gasteiger partial charge on any atom is 0.322 e. The predicted octanol–water partition coefficient (Wildman–Crippen LogP) is -1.16. The van der Waals surface area contributed by atoms with Gasteiger partial charge >= 0.3 is 6.01 Å². The molecule has 0 amide bonds. The van der Waals surface area contributed by atoms with Crippen LogP contribution in [0.25, 0.3) is 0 Å². The van der Waals surface area contributed by atoms with Crippen molar-refractivity contribution in [2.45, 2.75) is 10.3 Å². The monoisotopic (exact) mass is 255 g/mol. The zero-order chi connectivity index (χ0) is 12.3. The van der Waals surface area contributed by atoms with Crippen molar-refractivity contribution < 1.29 is 4.74 Å². The summed E-state index contributed by atoms with van der Waals surface area (Å²) in [5.74, 6) is 5.44. The summed E-state index contributed by atoms with van der Waals surface area (Å²) >= 11 is 1.17. The van der Waals surface area contributed by atoms with Gasteiger partial charge < -0.3 is 4.74 Å². The van der Waals surface area contributed by atoms with E-state index in [1.165, 1.54) is 23.6 Å². The van der Waals surface area contributed by atoms with Gasteiger partial charge in [-0.05, 0) is 22.2 Å². The highest BCUT2D eigenvalue weighted by Crippen LogP contribution is 2.22. The lowest BCUT2D eigenvalue weighted by molar-refractivity contribution is 0.373. The van der Waals surface area contributed by atoms with Gasteiger partial charge in [0.2, 0.25) is 16.3 Å². The third-order valence-electron chi connectivity index (χ3n) is 1.67. The van der Waals surface area contributed by atoms with E-state index in [9.17, 15) is 0 Å². The van der Waals surface area contributed by atoms with Crippen molar-refractivity contribution >= 4 is 17.7 Å². The van der Waals surface area contributed by atoms with Crippen LogP contribution in [0.5, 0.6) is 6.01 Å². The van der Waals surface area contributed by atoms with Crippen molar-refractivity contribution in [1.29, 1.82) is 0 Å². The average molecular weight is 255 g/mol. The number of nitrogens with two attached hydrogens (primary N) is 1. The lowest BCUT2D eigenvalue weighted by Crippen LogP contribution is -2.12. The fraction of sp³-hybridized carbons (Fsp3) is 0.333. The molecule has 0 atom stereocenters. The predicted molar refractivity (Wildman–Crippen MR) is 57.1 cm³/mol. The van der Waals surface area contributed by atoms with Crippen molar-refractivity contribution in [3.8, 4) is 6.01 Å². The van der Waals surface area contributed by atoms with Crippen LogP contribution in [0.2, 0.25) is 0 Å². The van der Waals surface area contributed by atoms with E-state index in [0.29, 0.717) is 10.3 Å². The summed E-state index contributed by atoms with van der Waals surface area (Å²) in [6.07, 6.45) is 0. The quantitative estimate of drug-likeness (QED) is 0.509. The second kappa shape index (κ2) is 4.88. The van der Waals surface area contributed by atoms with E-state index in [1.54, 1.807) is 7.05 Å². The van der Waals surface area contributed by atoms with Gasteiger partial charge in [0, 0.05) is 7.05 Å². The Kier molecular flexibility index (Phi) is 3.30. The highest BCUT2D eigenvalue weighted by molar-refractivity contribution is 7.99. The molecular formula is C6H9N9OS. The Hall–Kier alpha value is -2.01. The van der Waals surface area contributed by atoms with Crippen LogP contribution in [0.3, 0.4) is 0 Å². The molecule has 0 saturated carbocycles. The van der Waals surface area contributed by atoms with E-state index in [2.05, 4.69) is 35.9 Å². The first-order chi connectivity index (χ1) is 8.22. The molecule has 2 aromatic rings. The van der Waals surface area contributed by atoms with Gasteiger partial charge in [-0.3, -0.25) is 5.43 Å². The van der Waals surface area contributed by atoms with Crippen molar-refractivity contribution in [3.05, 3.63) is 0 Å². The van der Waals surface area contributed by atoms with Gasteiger partial charge in [0.1, 0.15) is 0 Å². The van der Waals surface area contributed by atoms with Crippen molar-refractivity contribution in [1.82, 2.24) is 35.2 Å². The molecule has 0 aliphatic rings. The average Bonchev–Trinajstić information content (AvgIpc) is 2.74. The summed E-state index contributed by atoms with van der Waals surface area (Å²) in [7, 11) is 3.16. The number of ether oxygens (including phenoxy) is 1. The van der Waals surface area contributed by atoms with E-state index < -0.39 is 0 Å². The van der Waals surface area contributed by atoms with Crippen LogP contribution in [0.15, 0.2) is 10.3 Å². The third kappa shape index (κ3) is 2.57. The SMILES string of the molecule is COc1nc(NN)nc(Sc2nnnn2C)n1. The van der Waals surface area contributed by atoms with Crippen LogP contribution in [0.4, 0.5) is 5.95 Å². The minimum atomic E-state index is 0.158. The normalized spacial score (nSPS) is 10.3. The van der Waals surface area contributed by atoms with Crippen LogP contribution in [0.1, 0.15) is 0 Å². The molecule has 2 rings (SSSR count). The van der Waals surface area contributed by atoms with Gasteiger partial charge in [-0.15, -0.1) is 5.10 Å². The molecule has 3 N–H and O–H groups in total. The molecule has 10 nitrogen and oxygen atoms in total. The summed E-state index contributed by atoms with van der Waals surface area (Å²) in [5.41, 5.74) is 2.32. The van der Waals surface area contributed by atoms with Crippen LogP contribution >= 0.6 is 11.8 Å². The van der Waals surface area contributed by atoms with E-state index in [1.807, 2.05) is 0 Å². The number of anilines is 1. The number of hydrogen-bond donors (Lipinski definition) is 2. The number of hydrogen-bond acceptors (Lipinski definition) is 10. The first kappa shape index (κ1) is 11.5. The molecule has 0 radical (unpaired) electrons. The fourth-order valence-electron chi connectivity index (χ4n) is 0.929. The number of hydrazine groups is 1. The summed E-state index contributed by atoms with van der Waals surface area (Å²) in [6.45, 7) is 0. The molecule has 2 aromatic heterocycles. The zero-order valence-corrected chi connectivity index (χ0v) is 9.84. The highest BCUT2D eigenvalue weighted by Gasteiger charge is 2.11. The molecular weight excluding hydrogens is 246 g/mol. The van der Waals surface area contributed by atoms with Gasteiger partial charge in [-0.25, -0.2) is 10.5 Å². The number of nitrogens with zero attached hydrogens (tertiary/aromatic N) is 7. The third-order valence-corrected chi connectivity index (χ3v) is 2.56. The van der Waals surface area contributed by atoms with E-state index in [4.69, 9.17) is 10.6 Å². The van der Waals surface area contributed by atoms with Gasteiger partial charge in [0.25, 0.3) is 0 Å². The Morgan fingerprint density at radius 3 is 2.76 bits per heavy atom. The molecule has 0 saturated heterocycles. The maximum atomic E-state index is 5.23. The number of rotatable bonds is 4. The largest absolute Gasteiger partial charge is 0.467 e. The molecule has 90 valence electrons. The number of methoxy groups -OCH3 is 1. The zero-order valence-electron chi connectivity index (χ0n) is 9.02. The first-order valence-electron chi connectivity index (χ1n) is 4.40. The van der Waals surface area contributed by atoms with Crippen LogP contribution < -0.4 is 16.0 Å². The fourth-order valence-corrected chi connectivity index (χ4v) is 1.59. The highest BCUT2D eigenvalue weighted by atomic mass is 32.2. The summed E-state index contributed by atoms with van der Waals surface area (Å²) in [6, 6.07) is 0.158. The van der Waals surface area contributed by atoms with Gasteiger partial charge in [0.15, 0.2) is 0 Å². The number of nitrogen functional groups attached to an aromatic ring is 1. The molecule has 0 aliphatic carbocycles. The van der Waals surface area contributed by atoms with Crippen molar-refractivity contribution in [2.24, 2.45) is 12.9 Å². The van der Waals surface area contributed by atoms with Crippen molar-refractivity contribution in [3.63, 3.8) is 0 Å². The molecule has 0 unspecified atom stereocenters. The number of aryl methyl sites for hydroxylation is 1. The Balaban J connectivity index is 2.29. The molecule has 0 aromatic carbocycles. The Morgan fingerprint density at radius 2 is 2.18 bits per heavy atom. The van der Waals surface area contributed by atoms with Crippen LogP contribution in [0, 0.1) is 0 Å². The smallest absolute Gasteiger partial charge is 0.322 e. The number of aromatic nitrogens is 7. The molecule has 2 heterocycles. The second-order valence-electron chi connectivity index (χ2n) is 2.76. The number of tetrazole rings is 1. The molecule has 0 aliphatic heterocycles. The minimum absolute atomic E-state index is 0.158. The second-order valence-corrected chi connectivity index (χ2v) is 3.69. The maximum absolute atomic E-state index is 5.23. The minimum Gasteiger partial charge on any atom is -0.467 e. The molecule has 17 heavy (non-hydrogen) atoms. The molecule has 11 heteroatoms. The number of nitrogens with one attached hydrogen (secondary N) is 1. The van der Waals surface area contributed by atoms with Crippen molar-refractivity contribution in [2.75, 3.05) is 12.5 Å². The first-order valence-corrected chi connectivity index (χ1v) is 5.21. The van der Waals surface area contributed by atoms with Gasteiger partial charge in [0.05, 0.1) is 7.11 Å². The van der Waals surface area contributed by atoms with Gasteiger partial charge in [-0.1, -0.05) is 0 Å². The Morgan fingerprint density at radius 1 is 1.35 bits per heavy atom. The van der Waals surface area contributed by atoms with Crippen LogP contribution in [-0.4, -0.2) is 42.3 Å². The molecule has 0 fully saturated rings. The van der Waals surface area contributed by atoms with Gasteiger partial charge in [-0.2, -0.15) is 15.0 Å². The lowest BCUT2D eigenvalue weighted by atomic mass is 10.9. The Labute approximate surface area is 100.0 Å². The summed E-state index contributed by atoms with van der Waals surface area (Å²) < 4.78 is 6.41. The Bertz CT molecular complexity index is 492. The summed E-state index contributed by atoms with van der Waals surface area (Å²) in [5, 5.41) is 11.9. The van der Waals surface area contributed by atoms with E-state index in [0.717, 1.165) is 0 Å².